The highest BCUT2D eigenvalue weighted by molar-refractivity contribution is 6.33. The Morgan fingerprint density at radius 1 is 0.525 bits per heavy atom. The van der Waals surface area contributed by atoms with Crippen LogP contribution in [0.4, 0.5) is 0 Å². The van der Waals surface area contributed by atoms with Crippen LogP contribution in [0, 0.1) is 0 Å². The largest absolute Gasteiger partial charge is 0.456 e. The van der Waals surface area contributed by atoms with E-state index in [2.05, 4.69) is 198 Å². The van der Waals surface area contributed by atoms with Crippen LogP contribution < -0.4 is 0 Å². The van der Waals surface area contributed by atoms with Crippen LogP contribution in [-0.2, 0) is 0 Å². The molecule has 0 saturated heterocycles. The molecular weight excluding hydrogens is 715 g/mol. The van der Waals surface area contributed by atoms with Gasteiger partial charge in [-0.1, -0.05) is 174 Å². The van der Waals surface area contributed by atoms with Gasteiger partial charge in [-0.2, -0.15) is 0 Å². The fourth-order valence-electron chi connectivity index (χ4n) is 7.81. The summed E-state index contributed by atoms with van der Waals surface area (Å²) in [5.41, 5.74) is 14.7. The molecule has 0 atom stereocenters. The Labute approximate surface area is 349 Å². The number of rotatable bonds is 8. The summed E-state index contributed by atoms with van der Waals surface area (Å²) in [5.74, 6) is 0. The molecule has 9 rings (SSSR count). The van der Waals surface area contributed by atoms with Gasteiger partial charge in [0.25, 0.3) is 0 Å². The molecule has 0 spiro atoms. The summed E-state index contributed by atoms with van der Waals surface area (Å²) in [5, 5.41) is 7.35. The molecule has 0 radical (unpaired) electrons. The molecule has 9 aromatic rings. The summed E-state index contributed by atoms with van der Waals surface area (Å²) in [6.07, 6.45) is 5.40. The molecule has 2 nitrogen and oxygen atoms in total. The molecule has 0 aliphatic rings. The first-order chi connectivity index (χ1) is 28.9. The number of hydrogen-bond acceptors (Lipinski definition) is 2. The number of nitrogens with zero attached hydrogens (tertiary/aromatic N) is 1. The van der Waals surface area contributed by atoms with Crippen molar-refractivity contribution in [2.24, 2.45) is 4.99 Å². The van der Waals surface area contributed by atoms with E-state index < -0.39 is 0 Å². The highest BCUT2D eigenvalue weighted by Crippen LogP contribution is 2.43. The van der Waals surface area contributed by atoms with Crippen molar-refractivity contribution in [3.63, 3.8) is 0 Å². The summed E-state index contributed by atoms with van der Waals surface area (Å²) in [6.45, 7) is 19.1. The van der Waals surface area contributed by atoms with Gasteiger partial charge in [0.1, 0.15) is 11.2 Å². The van der Waals surface area contributed by atoms with E-state index in [-0.39, 0.29) is 0 Å². The van der Waals surface area contributed by atoms with Crippen LogP contribution in [0.1, 0.15) is 66.0 Å². The van der Waals surface area contributed by atoms with Crippen LogP contribution in [0.2, 0.25) is 0 Å². The Morgan fingerprint density at radius 2 is 1.02 bits per heavy atom. The van der Waals surface area contributed by atoms with Crippen LogP contribution in [0.25, 0.3) is 82.4 Å². The van der Waals surface area contributed by atoms with Gasteiger partial charge >= 0.3 is 0 Å². The van der Waals surface area contributed by atoms with Gasteiger partial charge in [-0.05, 0) is 123 Å². The summed E-state index contributed by atoms with van der Waals surface area (Å²) in [4.78, 5) is 5.24. The third-order valence-corrected chi connectivity index (χ3v) is 10.7. The number of furan rings is 1. The minimum absolute atomic E-state index is 0.862. The maximum atomic E-state index is 6.28. The van der Waals surface area contributed by atoms with Crippen molar-refractivity contribution >= 4 is 54.8 Å². The second kappa shape index (κ2) is 18.2. The van der Waals surface area contributed by atoms with Crippen molar-refractivity contribution in [1.82, 2.24) is 0 Å². The molecule has 0 aliphatic carbocycles. The quantitative estimate of drug-likeness (QED) is 0.0859. The zero-order valence-electron chi connectivity index (χ0n) is 35.4. The van der Waals surface area contributed by atoms with Crippen LogP contribution in [0.15, 0.2) is 197 Å². The standard InChI is InChI=1S/C52H39NO.C3H8.C2H6/c1-5-14-33(2)35(4)53-52(43-22-11-18-38(31-43)36-15-7-6-8-16-36)34(3)37-17-9-19-39(29-37)40-20-10-21-41(30-40)42-27-28-44-45-23-12-25-48-50(45)51-46(47(44)32-42)24-13-26-49(51)54-48;1-3-2;1-2/h5-32H,3H2,1-2,4H3;3H2,1-2H3;1-2H3/b14-5-,35-33+,53-52?;;. The first-order valence-corrected chi connectivity index (χ1v) is 20.9. The van der Waals surface area contributed by atoms with E-state index in [4.69, 9.17) is 9.41 Å². The van der Waals surface area contributed by atoms with E-state index in [1.807, 2.05) is 26.8 Å². The average Bonchev–Trinajstić information content (AvgIpc) is 3.69. The molecule has 0 saturated carbocycles. The second-order valence-corrected chi connectivity index (χ2v) is 14.7. The minimum Gasteiger partial charge on any atom is -0.456 e. The number of benzene rings is 8. The molecule has 59 heavy (non-hydrogen) atoms. The Balaban J connectivity index is 0.00000101. The van der Waals surface area contributed by atoms with Gasteiger partial charge in [0, 0.05) is 27.6 Å². The first kappa shape index (κ1) is 40.4. The summed E-state index contributed by atoms with van der Waals surface area (Å²) < 4.78 is 6.28. The monoisotopic (exact) mass is 767 g/mol. The number of hydrogen-bond donors (Lipinski definition) is 0. The van der Waals surface area contributed by atoms with Crippen molar-refractivity contribution in [2.45, 2.75) is 54.9 Å². The van der Waals surface area contributed by atoms with Gasteiger partial charge in [0.2, 0.25) is 0 Å². The summed E-state index contributed by atoms with van der Waals surface area (Å²) in [7, 11) is 0. The highest BCUT2D eigenvalue weighted by Gasteiger charge is 2.18. The highest BCUT2D eigenvalue weighted by atomic mass is 16.3. The van der Waals surface area contributed by atoms with E-state index in [1.165, 1.54) is 55.4 Å². The number of aliphatic imine (C=N–C) groups is 1. The van der Waals surface area contributed by atoms with E-state index in [0.29, 0.717) is 0 Å². The molecule has 0 bridgehead atoms. The Hall–Kier alpha value is -6.77. The molecule has 292 valence electrons. The molecule has 0 N–H and O–H groups in total. The summed E-state index contributed by atoms with van der Waals surface area (Å²) in [6, 6.07) is 56.2. The van der Waals surface area contributed by atoms with Crippen molar-refractivity contribution in [3.05, 3.63) is 199 Å². The molecule has 2 heteroatoms. The smallest absolute Gasteiger partial charge is 0.136 e. The minimum atomic E-state index is 0.862. The topological polar surface area (TPSA) is 25.5 Å². The summed E-state index contributed by atoms with van der Waals surface area (Å²) >= 11 is 0. The Bertz CT molecular complexity index is 2990. The SMILES string of the molecule is C=C(C(=N/C(C)=C(C)/C=C\C)c1cccc(-c2ccccc2)c1)c1cccc(-c2cccc(-c3ccc4c(c3)c3cccc5oc6cccc4c6c53)c2)c1.CC.CCC. The molecule has 1 aromatic heterocycles. The normalized spacial score (nSPS) is 12.1. The number of allylic oxidation sites excluding steroid dienone is 5. The lowest BCUT2D eigenvalue weighted by Crippen LogP contribution is -2.05. The van der Waals surface area contributed by atoms with Crippen molar-refractivity contribution in [3.8, 4) is 33.4 Å². The molecule has 0 aliphatic heterocycles. The maximum absolute atomic E-state index is 6.28. The van der Waals surface area contributed by atoms with Gasteiger partial charge < -0.3 is 4.42 Å². The van der Waals surface area contributed by atoms with Gasteiger partial charge in [-0.25, -0.2) is 0 Å². The van der Waals surface area contributed by atoms with E-state index >= 15 is 0 Å². The molecule has 0 amide bonds. The van der Waals surface area contributed by atoms with Crippen molar-refractivity contribution < 1.29 is 4.42 Å². The van der Waals surface area contributed by atoms with Gasteiger partial charge in [-0.3, -0.25) is 4.99 Å². The van der Waals surface area contributed by atoms with Crippen molar-refractivity contribution in [1.29, 1.82) is 0 Å². The van der Waals surface area contributed by atoms with Crippen LogP contribution in [-0.4, -0.2) is 5.71 Å². The fourth-order valence-corrected chi connectivity index (χ4v) is 7.81. The molecule has 0 unspecified atom stereocenters. The zero-order chi connectivity index (χ0) is 41.5. The first-order valence-electron chi connectivity index (χ1n) is 20.9. The third kappa shape index (κ3) is 8.18. The van der Waals surface area contributed by atoms with Gasteiger partial charge in [0.15, 0.2) is 0 Å². The lowest BCUT2D eigenvalue weighted by molar-refractivity contribution is 0.669. The third-order valence-electron chi connectivity index (χ3n) is 10.7. The van der Waals surface area contributed by atoms with Crippen LogP contribution >= 0.6 is 0 Å². The van der Waals surface area contributed by atoms with Crippen LogP contribution in [0.3, 0.4) is 0 Å². The molecular formula is C57H53NO. The van der Waals surface area contributed by atoms with Gasteiger partial charge in [0.05, 0.1) is 5.71 Å². The average molecular weight is 768 g/mol. The van der Waals surface area contributed by atoms with E-state index in [9.17, 15) is 0 Å². The Kier molecular flexibility index (Phi) is 12.5. The Morgan fingerprint density at radius 3 is 1.64 bits per heavy atom. The predicted octanol–water partition coefficient (Wildman–Crippen LogP) is 17.1. The predicted molar refractivity (Wildman–Crippen MR) is 259 cm³/mol. The van der Waals surface area contributed by atoms with Crippen LogP contribution in [0.5, 0.6) is 0 Å². The zero-order valence-corrected chi connectivity index (χ0v) is 35.4. The second-order valence-electron chi connectivity index (χ2n) is 14.7. The molecule has 0 fully saturated rings. The van der Waals surface area contributed by atoms with Gasteiger partial charge in [-0.15, -0.1) is 0 Å². The molecule has 8 aromatic carbocycles. The lowest BCUT2D eigenvalue weighted by atomic mass is 9.90. The lowest BCUT2D eigenvalue weighted by Gasteiger charge is -2.15. The fraction of sp³-hybridized carbons (Fsp3) is 0.140. The van der Waals surface area contributed by atoms with Crippen molar-refractivity contribution in [2.75, 3.05) is 0 Å². The number of fused-ring (bicyclic) bond motifs is 3. The maximum Gasteiger partial charge on any atom is 0.136 e. The molecule has 1 heterocycles. The van der Waals surface area contributed by atoms with E-state index in [0.717, 1.165) is 61.5 Å². The van der Waals surface area contributed by atoms with E-state index in [1.54, 1.807) is 0 Å².